The van der Waals surface area contributed by atoms with E-state index >= 15 is 0 Å². The molecule has 1 aliphatic heterocycles. The minimum atomic E-state index is -1.19. The van der Waals surface area contributed by atoms with Gasteiger partial charge in [-0.1, -0.05) is 39.8 Å². The number of aliphatic hydroxyl groups excluding tert-OH is 1. The second-order valence-electron chi connectivity index (χ2n) is 12.5. The number of hydrogen-bond acceptors (Lipinski definition) is 7. The van der Waals surface area contributed by atoms with Crippen LogP contribution in [0.25, 0.3) is 0 Å². The van der Waals surface area contributed by atoms with Gasteiger partial charge in [-0.15, -0.1) is 11.8 Å². The number of ether oxygens (including phenoxy) is 1. The summed E-state index contributed by atoms with van der Waals surface area (Å²) in [6, 6.07) is 6.57. The number of fused-ring (bicyclic) bond motifs is 1. The second-order valence-corrected chi connectivity index (χ2v) is 13.7. The fraction of sp³-hybridized carbons (Fsp3) is 0.655. The van der Waals surface area contributed by atoms with E-state index in [1.54, 1.807) is 46.6 Å². The number of carbonyl (C=O) groups excluding carboxylic acids is 3. The van der Waals surface area contributed by atoms with Gasteiger partial charge in [0.2, 0.25) is 11.8 Å². The van der Waals surface area contributed by atoms with Crippen LogP contribution in [0.1, 0.15) is 67.7 Å². The van der Waals surface area contributed by atoms with Crippen LogP contribution in [0.3, 0.4) is 0 Å². The van der Waals surface area contributed by atoms with E-state index in [9.17, 15) is 29.4 Å². The molecule has 40 heavy (non-hydrogen) atoms. The molecule has 0 saturated heterocycles. The highest BCUT2D eigenvalue weighted by Crippen LogP contribution is 2.40. The summed E-state index contributed by atoms with van der Waals surface area (Å²) in [6.45, 7) is 12.6. The zero-order chi connectivity index (χ0) is 30.4. The van der Waals surface area contributed by atoms with Gasteiger partial charge in [-0.25, -0.2) is 4.79 Å². The van der Waals surface area contributed by atoms with Crippen LogP contribution in [0.15, 0.2) is 29.2 Å². The average molecular weight is 580 g/mol. The maximum absolute atomic E-state index is 13.7. The number of thioether (sulfide) groups is 1. The van der Waals surface area contributed by atoms with Gasteiger partial charge in [0, 0.05) is 24.9 Å². The summed E-state index contributed by atoms with van der Waals surface area (Å²) >= 11 is 1.42. The number of carbonyl (C=O) groups is 4. The number of carboxylic acids is 1. The Morgan fingerprint density at radius 2 is 1.75 bits per heavy atom. The van der Waals surface area contributed by atoms with E-state index in [4.69, 9.17) is 4.74 Å². The maximum Gasteiger partial charge on any atom is 0.407 e. The third-order valence-corrected chi connectivity index (χ3v) is 8.05. The molecule has 1 heterocycles. The number of aliphatic carboxylic acids is 1. The number of amides is 3. The molecule has 1 aromatic rings. The number of carboxylic acid groups (broad SMARTS) is 1. The first-order valence-corrected chi connectivity index (χ1v) is 14.5. The number of aliphatic hydroxyl groups is 1. The van der Waals surface area contributed by atoms with Crippen molar-refractivity contribution in [3.8, 4) is 0 Å². The number of nitrogens with zero attached hydrogens (tertiary/aromatic N) is 1. The first-order chi connectivity index (χ1) is 18.4. The van der Waals surface area contributed by atoms with E-state index in [1.165, 1.54) is 11.8 Å². The predicted octanol–water partition coefficient (Wildman–Crippen LogP) is 4.05. The van der Waals surface area contributed by atoms with Crippen LogP contribution >= 0.6 is 11.8 Å². The van der Waals surface area contributed by atoms with E-state index in [0.717, 1.165) is 10.6 Å². The molecule has 0 aromatic heterocycles. The lowest BCUT2D eigenvalue weighted by atomic mass is 9.78. The number of anilines is 1. The first-order valence-electron chi connectivity index (χ1n) is 13.6. The smallest absolute Gasteiger partial charge is 0.407 e. The molecule has 0 fully saturated rings. The van der Waals surface area contributed by atoms with Crippen molar-refractivity contribution in [2.45, 2.75) is 95.6 Å². The summed E-state index contributed by atoms with van der Waals surface area (Å²) < 4.78 is 5.40. The number of hydrogen-bond donors (Lipinski definition) is 4. The third-order valence-electron chi connectivity index (χ3n) is 6.80. The normalized spacial score (nSPS) is 17.9. The van der Waals surface area contributed by atoms with Crippen molar-refractivity contribution in [3.63, 3.8) is 0 Å². The van der Waals surface area contributed by atoms with Crippen molar-refractivity contribution < 1.29 is 34.1 Å². The molecule has 4 N–H and O–H groups in total. The quantitative estimate of drug-likeness (QED) is 0.307. The largest absolute Gasteiger partial charge is 0.481 e. The highest BCUT2D eigenvalue weighted by Gasteiger charge is 2.38. The lowest BCUT2D eigenvalue weighted by Gasteiger charge is -2.37. The molecular formula is C29H45N3O7S. The highest BCUT2D eigenvalue weighted by molar-refractivity contribution is 8.00. The van der Waals surface area contributed by atoms with Crippen LogP contribution in [-0.2, 0) is 19.1 Å². The summed E-state index contributed by atoms with van der Waals surface area (Å²) in [5, 5.41) is 25.7. The lowest BCUT2D eigenvalue weighted by Crippen LogP contribution is -2.50. The fourth-order valence-electron chi connectivity index (χ4n) is 4.77. The first kappa shape index (κ1) is 33.4. The van der Waals surface area contributed by atoms with Crippen molar-refractivity contribution in [1.29, 1.82) is 0 Å². The Bertz CT molecular complexity index is 1070. The van der Waals surface area contributed by atoms with Gasteiger partial charge in [0.1, 0.15) is 10.9 Å². The molecule has 1 aliphatic rings. The van der Waals surface area contributed by atoms with Gasteiger partial charge in [0.25, 0.3) is 0 Å². The van der Waals surface area contributed by atoms with Crippen molar-refractivity contribution in [2.75, 3.05) is 18.5 Å². The molecular weight excluding hydrogens is 534 g/mol. The summed E-state index contributed by atoms with van der Waals surface area (Å²) in [5.74, 6) is -2.42. The zero-order valence-corrected chi connectivity index (χ0v) is 25.6. The molecule has 10 nitrogen and oxygen atoms in total. The Morgan fingerprint density at radius 1 is 1.12 bits per heavy atom. The van der Waals surface area contributed by atoms with Gasteiger partial charge < -0.3 is 30.5 Å². The Hall–Kier alpha value is -2.79. The molecule has 3 amide bonds. The van der Waals surface area contributed by atoms with Gasteiger partial charge in [0.05, 0.1) is 23.8 Å². The monoisotopic (exact) mass is 579 g/mol. The molecule has 11 heteroatoms. The number of rotatable bonds is 11. The van der Waals surface area contributed by atoms with Gasteiger partial charge in [-0.2, -0.15) is 0 Å². The van der Waals surface area contributed by atoms with Crippen LogP contribution in [0.4, 0.5) is 10.5 Å². The van der Waals surface area contributed by atoms with Crippen molar-refractivity contribution in [3.05, 3.63) is 24.3 Å². The molecule has 0 saturated carbocycles. The van der Waals surface area contributed by atoms with Crippen LogP contribution in [0.2, 0.25) is 0 Å². The zero-order valence-electron chi connectivity index (χ0n) is 24.8. The molecule has 0 unspecified atom stereocenters. The Morgan fingerprint density at radius 3 is 2.30 bits per heavy atom. The van der Waals surface area contributed by atoms with E-state index in [0.29, 0.717) is 0 Å². The van der Waals surface area contributed by atoms with Gasteiger partial charge >= 0.3 is 12.1 Å². The molecule has 2 rings (SSSR count). The minimum absolute atomic E-state index is 0.0674. The molecule has 0 radical (unpaired) electrons. The van der Waals surface area contributed by atoms with E-state index in [2.05, 4.69) is 10.6 Å². The van der Waals surface area contributed by atoms with Gasteiger partial charge in [-0.3, -0.25) is 14.4 Å². The number of benzene rings is 1. The molecule has 0 bridgehead atoms. The topological polar surface area (TPSA) is 145 Å². The second kappa shape index (κ2) is 13.7. The molecule has 0 aliphatic carbocycles. The average Bonchev–Trinajstić information content (AvgIpc) is 2.83. The minimum Gasteiger partial charge on any atom is -0.481 e. The van der Waals surface area contributed by atoms with Gasteiger partial charge in [0.15, 0.2) is 0 Å². The van der Waals surface area contributed by atoms with Crippen molar-refractivity contribution in [2.24, 2.45) is 17.3 Å². The SMILES string of the molecule is CNC(=O)[C@H]1CN(C(=O)CC(C)(C)C[C@H](NC(=O)OC(C)(C)C)[C@@H](O)C[C@H](C(=O)O)C(C)C)c2ccccc2S1. The summed E-state index contributed by atoms with van der Waals surface area (Å²) in [4.78, 5) is 53.1. The standard InChI is InChI=1S/C29H45N3O7S/c1-17(2)18(26(36)37)13-21(33)19(31-27(38)39-28(3,4)5)14-29(6,7)15-24(34)32-16-23(25(35)30-8)40-22-12-10-9-11-20(22)32/h9-12,17-19,21,23,33H,13-16H2,1-8H3,(H,30,35)(H,31,38)(H,36,37)/t18-,19-,21-,23+/m0/s1. The summed E-state index contributed by atoms with van der Waals surface area (Å²) in [7, 11) is 1.57. The van der Waals surface area contributed by atoms with Gasteiger partial charge in [-0.05, 0) is 57.1 Å². The molecule has 1 aromatic carbocycles. The summed E-state index contributed by atoms with van der Waals surface area (Å²) in [5.41, 5.74) is -0.748. The Kier molecular flexibility index (Phi) is 11.5. The number of nitrogens with one attached hydrogen (secondary N) is 2. The Labute approximate surface area is 241 Å². The predicted molar refractivity (Wildman–Crippen MR) is 155 cm³/mol. The van der Waals surface area contributed by atoms with Crippen LogP contribution in [0, 0.1) is 17.3 Å². The highest BCUT2D eigenvalue weighted by atomic mass is 32.2. The van der Waals surface area contributed by atoms with Crippen LogP contribution in [-0.4, -0.2) is 70.7 Å². The van der Waals surface area contributed by atoms with E-state index in [-0.39, 0.29) is 43.5 Å². The fourth-order valence-corrected chi connectivity index (χ4v) is 5.98. The maximum atomic E-state index is 13.7. The summed E-state index contributed by atoms with van der Waals surface area (Å²) in [6.07, 6.45) is -1.73. The molecule has 224 valence electrons. The Balaban J connectivity index is 2.27. The van der Waals surface area contributed by atoms with Crippen LogP contribution < -0.4 is 15.5 Å². The van der Waals surface area contributed by atoms with Crippen molar-refractivity contribution in [1.82, 2.24) is 10.6 Å². The van der Waals surface area contributed by atoms with Crippen molar-refractivity contribution >= 4 is 41.3 Å². The molecule has 4 atom stereocenters. The lowest BCUT2D eigenvalue weighted by molar-refractivity contribution is -0.144. The molecule has 0 spiro atoms. The van der Waals surface area contributed by atoms with E-state index in [1.807, 2.05) is 38.1 Å². The number of alkyl carbamates (subject to hydrolysis) is 1. The third kappa shape index (κ3) is 9.69. The van der Waals surface area contributed by atoms with E-state index < -0.39 is 46.4 Å². The van der Waals surface area contributed by atoms with Crippen LogP contribution in [0.5, 0.6) is 0 Å². The number of para-hydroxylation sites is 1.